The lowest BCUT2D eigenvalue weighted by Gasteiger charge is -2.31. The monoisotopic (exact) mass is 85.1 g/mol. The normalized spacial score (nSPS) is 45.0. The summed E-state index contributed by atoms with van der Waals surface area (Å²) in [6.07, 6.45) is 1.36. The highest BCUT2D eigenvalue weighted by molar-refractivity contribution is 4.80. The van der Waals surface area contributed by atoms with E-state index in [0.717, 1.165) is 12.1 Å². The quantitative estimate of drug-likeness (QED) is 0.458. The molecule has 1 aliphatic heterocycles. The standard InChI is InChI=1S/C5H11N/c1-4-3-5(2)6-4/h4-6H,3H2,1-2H3/t4-,5+. The second kappa shape index (κ2) is 1.23. The molecule has 0 aromatic heterocycles. The van der Waals surface area contributed by atoms with Crippen molar-refractivity contribution < 1.29 is 0 Å². The van der Waals surface area contributed by atoms with Crippen LogP contribution in [0.1, 0.15) is 20.3 Å². The van der Waals surface area contributed by atoms with Gasteiger partial charge in [0.05, 0.1) is 0 Å². The minimum atomic E-state index is 0.792. The second-order valence-corrected chi connectivity index (χ2v) is 2.20. The Hall–Kier alpha value is -0.0400. The van der Waals surface area contributed by atoms with Crippen molar-refractivity contribution in [3.63, 3.8) is 0 Å². The molecule has 1 fully saturated rings. The van der Waals surface area contributed by atoms with E-state index >= 15 is 0 Å². The van der Waals surface area contributed by atoms with Crippen LogP contribution in [0.4, 0.5) is 0 Å². The van der Waals surface area contributed by atoms with Crippen LogP contribution >= 0.6 is 0 Å². The largest absolute Gasteiger partial charge is 0.312 e. The first-order valence-electron chi connectivity index (χ1n) is 2.55. The molecule has 36 valence electrons. The molecule has 1 heterocycles. The Labute approximate surface area is 38.7 Å². The molecule has 0 spiro atoms. The van der Waals surface area contributed by atoms with E-state index in [1.807, 2.05) is 0 Å². The molecule has 6 heavy (non-hydrogen) atoms. The molecule has 0 bridgehead atoms. The molecule has 2 atom stereocenters. The maximum absolute atomic E-state index is 3.31. The summed E-state index contributed by atoms with van der Waals surface area (Å²) in [4.78, 5) is 0. The molecule has 1 N–H and O–H groups in total. The van der Waals surface area contributed by atoms with Gasteiger partial charge in [0.25, 0.3) is 0 Å². The molecule has 0 aromatic carbocycles. The van der Waals surface area contributed by atoms with Crippen molar-refractivity contribution in [1.82, 2.24) is 5.32 Å². The maximum Gasteiger partial charge on any atom is 0.00559 e. The minimum absolute atomic E-state index is 0.792. The fourth-order valence-corrected chi connectivity index (χ4v) is 0.992. The molecule has 0 radical (unpaired) electrons. The molecule has 1 aliphatic rings. The van der Waals surface area contributed by atoms with Gasteiger partial charge in [-0.05, 0) is 20.3 Å². The summed E-state index contributed by atoms with van der Waals surface area (Å²) >= 11 is 0. The highest BCUT2D eigenvalue weighted by Gasteiger charge is 2.17. The zero-order valence-corrected chi connectivity index (χ0v) is 4.36. The molecular formula is C5H11N. The zero-order chi connectivity index (χ0) is 4.57. The van der Waals surface area contributed by atoms with E-state index in [4.69, 9.17) is 0 Å². The number of nitrogens with one attached hydrogen (secondary N) is 1. The number of hydrogen-bond donors (Lipinski definition) is 1. The first kappa shape index (κ1) is 4.13. The van der Waals surface area contributed by atoms with Crippen LogP contribution < -0.4 is 5.32 Å². The zero-order valence-electron chi connectivity index (χ0n) is 4.36. The SMILES string of the molecule is C[C@@H]1C[C@H](C)N1. The van der Waals surface area contributed by atoms with E-state index in [2.05, 4.69) is 19.2 Å². The summed E-state index contributed by atoms with van der Waals surface area (Å²) in [6.45, 7) is 4.42. The third-order valence-corrected chi connectivity index (χ3v) is 1.28. The smallest absolute Gasteiger partial charge is 0.00559 e. The summed E-state index contributed by atoms with van der Waals surface area (Å²) in [5.74, 6) is 0. The van der Waals surface area contributed by atoms with Crippen molar-refractivity contribution in [2.75, 3.05) is 0 Å². The molecular weight excluding hydrogens is 74.1 g/mol. The van der Waals surface area contributed by atoms with Gasteiger partial charge in [-0.25, -0.2) is 0 Å². The maximum atomic E-state index is 3.31. The van der Waals surface area contributed by atoms with Crippen molar-refractivity contribution in [3.8, 4) is 0 Å². The van der Waals surface area contributed by atoms with Gasteiger partial charge >= 0.3 is 0 Å². The van der Waals surface area contributed by atoms with Crippen LogP contribution in [0.3, 0.4) is 0 Å². The fourth-order valence-electron chi connectivity index (χ4n) is 0.992. The molecule has 0 saturated carbocycles. The van der Waals surface area contributed by atoms with Crippen molar-refractivity contribution in [2.24, 2.45) is 0 Å². The first-order valence-corrected chi connectivity index (χ1v) is 2.55. The minimum Gasteiger partial charge on any atom is -0.312 e. The Bertz CT molecular complexity index is 39.9. The van der Waals surface area contributed by atoms with E-state index in [0.29, 0.717) is 0 Å². The molecule has 0 aliphatic carbocycles. The van der Waals surface area contributed by atoms with E-state index in [1.165, 1.54) is 6.42 Å². The average molecular weight is 85.2 g/mol. The van der Waals surface area contributed by atoms with Gasteiger partial charge in [-0.2, -0.15) is 0 Å². The summed E-state index contributed by atoms with van der Waals surface area (Å²) in [7, 11) is 0. The summed E-state index contributed by atoms with van der Waals surface area (Å²) in [5.41, 5.74) is 0. The van der Waals surface area contributed by atoms with Crippen molar-refractivity contribution in [2.45, 2.75) is 32.4 Å². The Kier molecular flexibility index (Phi) is 0.845. The average Bonchev–Trinajstić information content (AvgIpc) is 1.33. The van der Waals surface area contributed by atoms with Gasteiger partial charge in [-0.1, -0.05) is 0 Å². The second-order valence-electron chi connectivity index (χ2n) is 2.20. The van der Waals surface area contributed by atoms with Crippen LogP contribution in [0.2, 0.25) is 0 Å². The molecule has 0 aromatic rings. The highest BCUT2D eigenvalue weighted by Crippen LogP contribution is 2.07. The first-order chi connectivity index (χ1) is 2.79. The Morgan fingerprint density at radius 1 is 1.33 bits per heavy atom. The van der Waals surface area contributed by atoms with Crippen LogP contribution in [0, 0.1) is 0 Å². The number of hydrogen-bond acceptors (Lipinski definition) is 1. The molecule has 0 amide bonds. The van der Waals surface area contributed by atoms with Gasteiger partial charge in [-0.15, -0.1) is 0 Å². The topological polar surface area (TPSA) is 12.0 Å². The molecule has 1 rings (SSSR count). The molecule has 0 unspecified atom stereocenters. The highest BCUT2D eigenvalue weighted by atomic mass is 15.0. The van der Waals surface area contributed by atoms with Crippen LogP contribution in [0.15, 0.2) is 0 Å². The lowest BCUT2D eigenvalue weighted by Crippen LogP contribution is -2.48. The fraction of sp³-hybridized carbons (Fsp3) is 1.00. The summed E-state index contributed by atoms with van der Waals surface area (Å²) in [5, 5.41) is 3.31. The van der Waals surface area contributed by atoms with Crippen LogP contribution in [-0.2, 0) is 0 Å². The van der Waals surface area contributed by atoms with Gasteiger partial charge in [-0.3, -0.25) is 0 Å². The third-order valence-electron chi connectivity index (χ3n) is 1.28. The predicted molar refractivity (Wildman–Crippen MR) is 26.7 cm³/mol. The Balaban J connectivity index is 2.11. The lowest BCUT2D eigenvalue weighted by molar-refractivity contribution is 0.302. The van der Waals surface area contributed by atoms with Crippen LogP contribution in [0.5, 0.6) is 0 Å². The third kappa shape index (κ3) is 0.548. The van der Waals surface area contributed by atoms with Crippen molar-refractivity contribution in [3.05, 3.63) is 0 Å². The van der Waals surface area contributed by atoms with Crippen LogP contribution in [0.25, 0.3) is 0 Å². The lowest BCUT2D eigenvalue weighted by atomic mass is 10.0. The van der Waals surface area contributed by atoms with E-state index in [9.17, 15) is 0 Å². The predicted octanol–water partition coefficient (Wildman–Crippen LogP) is 0.757. The van der Waals surface area contributed by atoms with E-state index in [-0.39, 0.29) is 0 Å². The van der Waals surface area contributed by atoms with Crippen molar-refractivity contribution in [1.29, 1.82) is 0 Å². The van der Waals surface area contributed by atoms with Gasteiger partial charge in [0.1, 0.15) is 0 Å². The molecule has 1 nitrogen and oxygen atoms in total. The Morgan fingerprint density at radius 2 is 1.67 bits per heavy atom. The summed E-state index contributed by atoms with van der Waals surface area (Å²) < 4.78 is 0. The van der Waals surface area contributed by atoms with Gasteiger partial charge in [0.2, 0.25) is 0 Å². The van der Waals surface area contributed by atoms with E-state index in [1.54, 1.807) is 0 Å². The number of rotatable bonds is 0. The van der Waals surface area contributed by atoms with Gasteiger partial charge in [0, 0.05) is 12.1 Å². The summed E-state index contributed by atoms with van der Waals surface area (Å²) in [6, 6.07) is 1.58. The molecule has 1 heteroatoms. The van der Waals surface area contributed by atoms with Crippen LogP contribution in [-0.4, -0.2) is 12.1 Å². The van der Waals surface area contributed by atoms with E-state index < -0.39 is 0 Å². The van der Waals surface area contributed by atoms with Gasteiger partial charge < -0.3 is 5.32 Å². The Morgan fingerprint density at radius 3 is 1.67 bits per heavy atom. The van der Waals surface area contributed by atoms with Crippen molar-refractivity contribution >= 4 is 0 Å². The molecule has 1 saturated heterocycles. The van der Waals surface area contributed by atoms with Gasteiger partial charge in [0.15, 0.2) is 0 Å².